The van der Waals surface area contributed by atoms with Gasteiger partial charge in [0.25, 0.3) is 0 Å². The lowest BCUT2D eigenvalue weighted by Crippen LogP contribution is -2.47. The second-order valence-corrected chi connectivity index (χ2v) is 8.06. The van der Waals surface area contributed by atoms with Gasteiger partial charge in [-0.3, -0.25) is 0 Å². The number of esters is 1. The van der Waals surface area contributed by atoms with Crippen LogP contribution >= 0.6 is 0 Å². The highest BCUT2D eigenvalue weighted by molar-refractivity contribution is 5.82. The van der Waals surface area contributed by atoms with E-state index in [1.165, 1.54) is 6.20 Å². The Morgan fingerprint density at radius 3 is 2.23 bits per heavy atom. The molecule has 0 spiro atoms. The average Bonchev–Trinajstić information content (AvgIpc) is 2.43. The van der Waals surface area contributed by atoms with Crippen molar-refractivity contribution in [2.45, 2.75) is 72.1 Å². The summed E-state index contributed by atoms with van der Waals surface area (Å²) in [6, 6.07) is 2.83. The molecule has 0 aliphatic heterocycles. The van der Waals surface area contributed by atoms with E-state index < -0.39 is 29.3 Å². The molecule has 1 rings (SSSR count). The van der Waals surface area contributed by atoms with Gasteiger partial charge >= 0.3 is 12.1 Å². The van der Waals surface area contributed by atoms with E-state index >= 15 is 0 Å². The van der Waals surface area contributed by atoms with Gasteiger partial charge in [-0.2, -0.15) is 5.26 Å². The number of rotatable bonds is 4. The molecule has 0 aliphatic carbocycles. The maximum Gasteiger partial charge on any atom is 0.408 e. The van der Waals surface area contributed by atoms with Crippen LogP contribution < -0.4 is 5.32 Å². The first-order chi connectivity index (χ1) is 11.8. The summed E-state index contributed by atoms with van der Waals surface area (Å²) in [7, 11) is 0. The zero-order chi connectivity index (χ0) is 20.1. The molecule has 26 heavy (non-hydrogen) atoms. The van der Waals surface area contributed by atoms with Crippen LogP contribution in [0, 0.1) is 18.3 Å². The molecule has 1 atom stereocenters. The van der Waals surface area contributed by atoms with Crippen molar-refractivity contribution in [2.75, 3.05) is 0 Å². The molecule has 1 amide bonds. The molecule has 0 radical (unpaired) electrons. The second-order valence-electron chi connectivity index (χ2n) is 8.06. The quantitative estimate of drug-likeness (QED) is 0.827. The monoisotopic (exact) mass is 361 g/mol. The molecule has 142 valence electrons. The zero-order valence-electron chi connectivity index (χ0n) is 16.5. The number of alkyl carbamates (subject to hydrolysis) is 1. The Morgan fingerprint density at radius 1 is 1.19 bits per heavy atom. The molecule has 0 fully saturated rings. The van der Waals surface area contributed by atoms with Crippen LogP contribution in [0.3, 0.4) is 0 Å². The number of amides is 1. The summed E-state index contributed by atoms with van der Waals surface area (Å²) >= 11 is 0. The van der Waals surface area contributed by atoms with E-state index in [9.17, 15) is 9.59 Å². The first kappa shape index (κ1) is 21.4. The van der Waals surface area contributed by atoms with Crippen LogP contribution in [0.2, 0.25) is 0 Å². The van der Waals surface area contributed by atoms with E-state index in [4.69, 9.17) is 14.7 Å². The summed E-state index contributed by atoms with van der Waals surface area (Å²) in [6.45, 7) is 12.2. The Kier molecular flexibility index (Phi) is 6.73. The number of nitrogens with one attached hydrogen (secondary N) is 1. The fourth-order valence-electron chi connectivity index (χ4n) is 2.11. The number of pyridine rings is 1. The van der Waals surface area contributed by atoms with Crippen molar-refractivity contribution in [2.24, 2.45) is 0 Å². The van der Waals surface area contributed by atoms with Crippen molar-refractivity contribution in [1.29, 1.82) is 5.26 Å². The molecule has 0 bridgehead atoms. The maximum absolute atomic E-state index is 12.5. The van der Waals surface area contributed by atoms with Gasteiger partial charge in [0.05, 0.1) is 0 Å². The molecular weight excluding hydrogens is 334 g/mol. The lowest BCUT2D eigenvalue weighted by atomic mass is 10.0. The third-order valence-corrected chi connectivity index (χ3v) is 3.06. The van der Waals surface area contributed by atoms with Gasteiger partial charge in [-0.05, 0) is 59.6 Å². The number of ether oxygens (including phenoxy) is 2. The molecule has 0 saturated carbocycles. The molecule has 0 aliphatic rings. The minimum absolute atomic E-state index is 0.174. The van der Waals surface area contributed by atoms with Crippen molar-refractivity contribution >= 4 is 12.1 Å². The van der Waals surface area contributed by atoms with Crippen molar-refractivity contribution in [3.63, 3.8) is 0 Å². The van der Waals surface area contributed by atoms with Gasteiger partial charge in [-0.25, -0.2) is 14.6 Å². The van der Waals surface area contributed by atoms with Gasteiger partial charge in [0.2, 0.25) is 0 Å². The standard InChI is InChI=1S/C19H27N3O4/c1-12-8-13(11-21-15(12)10-20)9-14(16(23)25-18(2,3)4)22-17(24)26-19(5,6)7/h8,11,14H,9H2,1-7H3,(H,22,24)/t14-/m0/s1. The van der Waals surface area contributed by atoms with Crippen molar-refractivity contribution in [3.05, 3.63) is 29.1 Å². The van der Waals surface area contributed by atoms with Gasteiger partial charge in [0.15, 0.2) is 0 Å². The van der Waals surface area contributed by atoms with Crippen LogP contribution in [0.1, 0.15) is 58.4 Å². The summed E-state index contributed by atoms with van der Waals surface area (Å²) < 4.78 is 10.6. The molecule has 1 N–H and O–H groups in total. The predicted molar refractivity (Wildman–Crippen MR) is 96.4 cm³/mol. The van der Waals surface area contributed by atoms with Gasteiger partial charge in [0.1, 0.15) is 29.0 Å². The van der Waals surface area contributed by atoms with E-state index in [2.05, 4.69) is 10.3 Å². The van der Waals surface area contributed by atoms with Crippen molar-refractivity contribution in [3.8, 4) is 6.07 Å². The summed E-state index contributed by atoms with van der Waals surface area (Å²) in [4.78, 5) is 28.7. The maximum atomic E-state index is 12.5. The normalized spacial score (nSPS) is 12.7. The summed E-state index contributed by atoms with van der Waals surface area (Å²) in [5.74, 6) is -0.564. The van der Waals surface area contributed by atoms with Crippen LogP contribution in [0.5, 0.6) is 0 Å². The Hall–Kier alpha value is -2.62. The van der Waals surface area contributed by atoms with Crippen molar-refractivity contribution in [1.82, 2.24) is 10.3 Å². The molecule has 0 unspecified atom stereocenters. The molecule has 0 saturated heterocycles. The molecule has 1 aromatic rings. The molecule has 7 nitrogen and oxygen atoms in total. The molecule has 7 heteroatoms. The highest BCUT2D eigenvalue weighted by Crippen LogP contribution is 2.14. The number of aryl methyl sites for hydroxylation is 1. The van der Waals surface area contributed by atoms with E-state index in [1.807, 2.05) is 6.07 Å². The Morgan fingerprint density at radius 2 is 1.77 bits per heavy atom. The van der Waals surface area contributed by atoms with Crippen LogP contribution in [-0.2, 0) is 20.7 Å². The average molecular weight is 361 g/mol. The summed E-state index contributed by atoms with van der Waals surface area (Å²) in [6.07, 6.45) is 0.986. The first-order valence-corrected chi connectivity index (χ1v) is 8.39. The minimum Gasteiger partial charge on any atom is -0.458 e. The number of hydrogen-bond acceptors (Lipinski definition) is 6. The van der Waals surface area contributed by atoms with Gasteiger partial charge < -0.3 is 14.8 Å². The topological polar surface area (TPSA) is 101 Å². The molecule has 1 heterocycles. The van der Waals surface area contributed by atoms with E-state index in [0.29, 0.717) is 16.8 Å². The summed E-state index contributed by atoms with van der Waals surface area (Å²) in [5, 5.41) is 11.5. The van der Waals surface area contributed by atoms with Crippen LogP contribution in [0.25, 0.3) is 0 Å². The largest absolute Gasteiger partial charge is 0.458 e. The number of nitriles is 1. The SMILES string of the molecule is Cc1cc(C[C@H](NC(=O)OC(C)(C)C)C(=O)OC(C)(C)C)cnc1C#N. The second kappa shape index (κ2) is 8.17. The van der Waals surface area contributed by atoms with Gasteiger partial charge in [-0.15, -0.1) is 0 Å². The van der Waals surface area contributed by atoms with E-state index in [0.717, 1.165) is 0 Å². The fraction of sp³-hybridized carbons (Fsp3) is 0.579. The number of nitrogens with zero attached hydrogens (tertiary/aromatic N) is 2. The van der Waals surface area contributed by atoms with Gasteiger partial charge in [-0.1, -0.05) is 6.07 Å². The van der Waals surface area contributed by atoms with Crippen LogP contribution in [0.15, 0.2) is 12.3 Å². The summed E-state index contributed by atoms with van der Waals surface area (Å²) in [5.41, 5.74) is 0.347. The predicted octanol–water partition coefficient (Wildman–Crippen LogP) is 3.04. The molecule has 0 aromatic carbocycles. The zero-order valence-corrected chi connectivity index (χ0v) is 16.5. The minimum atomic E-state index is -0.932. The number of carbonyl (C=O) groups excluding carboxylic acids is 2. The van der Waals surface area contributed by atoms with Crippen LogP contribution in [0.4, 0.5) is 4.79 Å². The Labute approximate surface area is 154 Å². The van der Waals surface area contributed by atoms with Gasteiger partial charge in [0, 0.05) is 12.6 Å². The highest BCUT2D eigenvalue weighted by atomic mass is 16.6. The molecular formula is C19H27N3O4. The van der Waals surface area contributed by atoms with Crippen molar-refractivity contribution < 1.29 is 19.1 Å². The van der Waals surface area contributed by atoms with E-state index in [1.54, 1.807) is 54.5 Å². The fourth-order valence-corrected chi connectivity index (χ4v) is 2.11. The first-order valence-electron chi connectivity index (χ1n) is 8.39. The molecule has 1 aromatic heterocycles. The Bertz CT molecular complexity index is 709. The number of carbonyl (C=O) groups is 2. The van der Waals surface area contributed by atoms with E-state index in [-0.39, 0.29) is 6.42 Å². The highest BCUT2D eigenvalue weighted by Gasteiger charge is 2.29. The third-order valence-electron chi connectivity index (χ3n) is 3.06. The lowest BCUT2D eigenvalue weighted by Gasteiger charge is -2.26. The lowest BCUT2D eigenvalue weighted by molar-refractivity contribution is -0.157. The Balaban J connectivity index is 3.00. The number of hydrogen-bond donors (Lipinski definition) is 1. The third kappa shape index (κ3) is 7.51. The number of aromatic nitrogens is 1. The smallest absolute Gasteiger partial charge is 0.408 e. The van der Waals surface area contributed by atoms with Crippen LogP contribution in [-0.4, -0.2) is 34.3 Å².